The number of methoxy groups -OCH3 is 1. The highest BCUT2D eigenvalue weighted by atomic mass is 16.5. The van der Waals surface area contributed by atoms with Gasteiger partial charge in [0, 0.05) is 23.5 Å². The molecule has 2 aromatic rings. The Kier molecular flexibility index (Phi) is 5.30. The van der Waals surface area contributed by atoms with E-state index in [1.165, 1.54) is 17.0 Å². The Bertz CT molecular complexity index is 710. The fraction of sp³-hybridized carbons (Fsp3) is 0.312. The van der Waals surface area contributed by atoms with Gasteiger partial charge < -0.3 is 10.1 Å². The third-order valence-corrected chi connectivity index (χ3v) is 3.11. The summed E-state index contributed by atoms with van der Waals surface area (Å²) in [7, 11) is 1.56. The highest BCUT2D eigenvalue weighted by molar-refractivity contribution is 5.90. The molecule has 0 spiro atoms. The van der Waals surface area contributed by atoms with Crippen molar-refractivity contribution in [3.05, 3.63) is 52.7 Å². The van der Waals surface area contributed by atoms with Crippen molar-refractivity contribution >= 4 is 11.6 Å². The highest BCUT2D eigenvalue weighted by Crippen LogP contribution is 2.16. The number of nitrogens with one attached hydrogen (secondary N) is 1. The predicted octanol–water partition coefficient (Wildman–Crippen LogP) is 1.84. The van der Waals surface area contributed by atoms with Crippen LogP contribution in [0.1, 0.15) is 19.0 Å². The molecule has 0 aliphatic heterocycles. The van der Waals surface area contributed by atoms with Gasteiger partial charge in [0.05, 0.1) is 13.4 Å². The Hall–Kier alpha value is -2.63. The Labute approximate surface area is 128 Å². The zero-order valence-corrected chi connectivity index (χ0v) is 12.7. The average molecular weight is 301 g/mol. The summed E-state index contributed by atoms with van der Waals surface area (Å²) in [5.41, 5.74) is 1.14. The summed E-state index contributed by atoms with van der Waals surface area (Å²) in [6.45, 7) is 1.95. The minimum atomic E-state index is -0.291. The second-order valence-electron chi connectivity index (χ2n) is 4.88. The maximum absolute atomic E-state index is 12.0. The molecule has 1 aromatic heterocycles. The summed E-state index contributed by atoms with van der Waals surface area (Å²) in [5, 5.41) is 2.73. The van der Waals surface area contributed by atoms with E-state index >= 15 is 0 Å². The summed E-state index contributed by atoms with van der Waals surface area (Å²) in [6, 6.07) is 8.51. The maximum atomic E-state index is 12.0. The third kappa shape index (κ3) is 4.18. The fourth-order valence-corrected chi connectivity index (χ4v) is 2.03. The van der Waals surface area contributed by atoms with E-state index in [1.807, 2.05) is 6.92 Å². The number of carbonyl (C=O) groups excluding carboxylic acids is 1. The molecule has 1 N–H and O–H groups in total. The van der Waals surface area contributed by atoms with Gasteiger partial charge in [0.25, 0.3) is 5.56 Å². The zero-order valence-electron chi connectivity index (χ0n) is 12.7. The first-order chi connectivity index (χ1) is 10.6. The summed E-state index contributed by atoms with van der Waals surface area (Å²) in [4.78, 5) is 28.1. The lowest BCUT2D eigenvalue weighted by Gasteiger charge is -2.08. The Morgan fingerprint density at radius 2 is 2.18 bits per heavy atom. The van der Waals surface area contributed by atoms with Gasteiger partial charge in [-0.15, -0.1) is 0 Å². The molecule has 2 rings (SSSR count). The molecule has 1 heterocycles. The van der Waals surface area contributed by atoms with E-state index in [2.05, 4.69) is 10.3 Å². The molecule has 6 nitrogen and oxygen atoms in total. The van der Waals surface area contributed by atoms with Crippen LogP contribution < -0.4 is 15.6 Å². The number of benzene rings is 1. The first-order valence-electron chi connectivity index (χ1n) is 7.11. The Morgan fingerprint density at radius 3 is 2.86 bits per heavy atom. The molecule has 0 saturated carbocycles. The van der Waals surface area contributed by atoms with Crippen molar-refractivity contribution in [3.63, 3.8) is 0 Å². The molecule has 0 saturated heterocycles. The van der Waals surface area contributed by atoms with E-state index in [0.29, 0.717) is 11.4 Å². The number of rotatable bonds is 6. The van der Waals surface area contributed by atoms with Gasteiger partial charge in [-0.2, -0.15) is 0 Å². The van der Waals surface area contributed by atoms with E-state index in [-0.39, 0.29) is 18.0 Å². The van der Waals surface area contributed by atoms with Crippen LogP contribution in [-0.4, -0.2) is 22.6 Å². The minimum absolute atomic E-state index is 0.0740. The number of aryl methyl sites for hydroxylation is 1. The summed E-state index contributed by atoms with van der Waals surface area (Å²) >= 11 is 0. The molecule has 0 unspecified atom stereocenters. The average Bonchev–Trinajstić information content (AvgIpc) is 2.50. The summed E-state index contributed by atoms with van der Waals surface area (Å²) in [5.74, 6) is 0.362. The van der Waals surface area contributed by atoms with Crippen LogP contribution in [0.4, 0.5) is 5.69 Å². The van der Waals surface area contributed by atoms with E-state index in [0.717, 1.165) is 18.5 Å². The van der Waals surface area contributed by atoms with Crippen molar-refractivity contribution < 1.29 is 9.53 Å². The number of ether oxygens (including phenoxy) is 1. The largest absolute Gasteiger partial charge is 0.497 e. The van der Waals surface area contributed by atoms with Crippen LogP contribution in [0.15, 0.2) is 41.5 Å². The quantitative estimate of drug-likeness (QED) is 0.883. The molecule has 0 atom stereocenters. The van der Waals surface area contributed by atoms with Crippen molar-refractivity contribution in [1.82, 2.24) is 9.55 Å². The first kappa shape index (κ1) is 15.8. The van der Waals surface area contributed by atoms with E-state index < -0.39 is 0 Å². The van der Waals surface area contributed by atoms with Gasteiger partial charge in [-0.25, -0.2) is 4.98 Å². The molecule has 0 fully saturated rings. The van der Waals surface area contributed by atoms with Gasteiger partial charge in [-0.3, -0.25) is 14.2 Å². The molecule has 0 aliphatic rings. The molecule has 0 radical (unpaired) electrons. The Morgan fingerprint density at radius 1 is 1.36 bits per heavy atom. The molecule has 22 heavy (non-hydrogen) atoms. The monoisotopic (exact) mass is 301 g/mol. The second-order valence-corrected chi connectivity index (χ2v) is 4.88. The molecule has 116 valence electrons. The zero-order chi connectivity index (χ0) is 15.9. The van der Waals surface area contributed by atoms with Crippen molar-refractivity contribution in [3.8, 4) is 5.75 Å². The summed E-state index contributed by atoms with van der Waals surface area (Å²) in [6.07, 6.45) is 3.09. The third-order valence-electron chi connectivity index (χ3n) is 3.11. The number of carbonyl (C=O) groups is 1. The van der Waals surface area contributed by atoms with Crippen LogP contribution in [0.5, 0.6) is 5.75 Å². The van der Waals surface area contributed by atoms with Crippen LogP contribution >= 0.6 is 0 Å². The molecule has 6 heteroatoms. The van der Waals surface area contributed by atoms with Crippen LogP contribution in [0.25, 0.3) is 0 Å². The smallest absolute Gasteiger partial charge is 0.253 e. The minimum Gasteiger partial charge on any atom is -0.497 e. The first-order valence-corrected chi connectivity index (χ1v) is 7.11. The van der Waals surface area contributed by atoms with Gasteiger partial charge in [-0.05, 0) is 18.6 Å². The van der Waals surface area contributed by atoms with Crippen LogP contribution in [0.3, 0.4) is 0 Å². The van der Waals surface area contributed by atoms with Crippen LogP contribution in [-0.2, 0) is 17.8 Å². The predicted molar refractivity (Wildman–Crippen MR) is 84.1 cm³/mol. The van der Waals surface area contributed by atoms with Gasteiger partial charge in [0.1, 0.15) is 12.3 Å². The van der Waals surface area contributed by atoms with Gasteiger partial charge in [-0.1, -0.05) is 19.4 Å². The number of nitrogens with zero attached hydrogens (tertiary/aromatic N) is 2. The van der Waals surface area contributed by atoms with Crippen LogP contribution in [0.2, 0.25) is 0 Å². The van der Waals surface area contributed by atoms with E-state index in [9.17, 15) is 9.59 Å². The van der Waals surface area contributed by atoms with Crippen molar-refractivity contribution in [2.75, 3.05) is 12.4 Å². The Balaban J connectivity index is 2.04. The normalized spacial score (nSPS) is 10.3. The lowest BCUT2D eigenvalue weighted by Crippen LogP contribution is -2.27. The molecule has 1 aromatic carbocycles. The molecule has 1 amide bonds. The van der Waals surface area contributed by atoms with Crippen molar-refractivity contribution in [2.45, 2.75) is 26.3 Å². The van der Waals surface area contributed by atoms with Gasteiger partial charge in [0.2, 0.25) is 5.91 Å². The lowest BCUT2D eigenvalue weighted by atomic mass is 10.2. The maximum Gasteiger partial charge on any atom is 0.253 e. The van der Waals surface area contributed by atoms with Crippen molar-refractivity contribution in [2.24, 2.45) is 0 Å². The number of hydrogen-bond donors (Lipinski definition) is 1. The fourth-order valence-electron chi connectivity index (χ4n) is 2.03. The summed E-state index contributed by atoms with van der Waals surface area (Å²) < 4.78 is 6.38. The van der Waals surface area contributed by atoms with E-state index in [4.69, 9.17) is 4.74 Å². The molecular formula is C16H19N3O3. The topological polar surface area (TPSA) is 73.2 Å². The number of amides is 1. The standard InChI is InChI=1S/C16H19N3O3/c1-3-5-12-9-16(21)19(11-17-12)10-15(20)18-13-6-4-7-14(8-13)22-2/h4,6-9,11H,3,5,10H2,1-2H3,(H,18,20). The second kappa shape index (κ2) is 7.40. The number of hydrogen-bond acceptors (Lipinski definition) is 4. The SMILES string of the molecule is CCCc1cc(=O)n(CC(=O)Nc2cccc(OC)c2)cn1. The van der Waals surface area contributed by atoms with E-state index in [1.54, 1.807) is 31.4 Å². The van der Waals surface area contributed by atoms with Gasteiger partial charge in [0.15, 0.2) is 0 Å². The molecule has 0 aliphatic carbocycles. The molecular weight excluding hydrogens is 282 g/mol. The number of anilines is 1. The van der Waals surface area contributed by atoms with Gasteiger partial charge >= 0.3 is 0 Å². The highest BCUT2D eigenvalue weighted by Gasteiger charge is 2.07. The van der Waals surface area contributed by atoms with Crippen molar-refractivity contribution in [1.29, 1.82) is 0 Å². The molecule has 0 bridgehead atoms. The lowest BCUT2D eigenvalue weighted by molar-refractivity contribution is -0.116. The number of aromatic nitrogens is 2. The van der Waals surface area contributed by atoms with Crippen LogP contribution in [0, 0.1) is 0 Å².